The van der Waals surface area contributed by atoms with Crippen LogP contribution >= 0.6 is 0 Å². The number of nitriles is 2. The molecule has 0 amide bonds. The second kappa shape index (κ2) is 22.9. The number of ether oxygens (including phenoxy) is 2. The second-order valence-corrected chi connectivity index (χ2v) is 14.0. The van der Waals surface area contributed by atoms with Crippen molar-refractivity contribution in [1.29, 1.82) is 10.5 Å². The highest BCUT2D eigenvalue weighted by molar-refractivity contribution is 6.27. The molecular weight excluding hydrogens is 749 g/mol. The standard InChI is InChI=1S/C23H23N3O3.C12H6N2O2.C11H19NO2/c1-3-5-8-15(4-2)13-29-23(28)18(11-24)20-16-9-6-7-10-17(16)22(27)19-12-25-14-26-21(19)20;15-11-7-3-1-2-4-8(7)12(16)10-9(11)5-13-6-14-10;1-3-5-6-10(4-2)9-14-11(13)7-8-12/h6-7,9-10,12,14-15H,3-5,8,13H2,1-2H3;1-6H;10H,3-7,9H2,1-2H3/b20-18-;;. The van der Waals surface area contributed by atoms with Crippen LogP contribution in [-0.4, -0.2) is 62.4 Å². The van der Waals surface area contributed by atoms with Crippen LogP contribution < -0.4 is 0 Å². The summed E-state index contributed by atoms with van der Waals surface area (Å²) in [5.41, 5.74) is 2.99. The highest BCUT2D eigenvalue weighted by atomic mass is 16.5. The Kier molecular flexibility index (Phi) is 17.4. The summed E-state index contributed by atoms with van der Waals surface area (Å²) in [6.45, 7) is 9.17. The van der Waals surface area contributed by atoms with Crippen molar-refractivity contribution in [3.05, 3.63) is 124 Å². The van der Waals surface area contributed by atoms with Crippen LogP contribution in [0.1, 0.15) is 145 Å². The van der Waals surface area contributed by atoms with Crippen molar-refractivity contribution >= 4 is 34.9 Å². The number of aromatic nitrogens is 4. The van der Waals surface area contributed by atoms with E-state index in [1.165, 1.54) is 37.9 Å². The van der Waals surface area contributed by atoms with Crippen molar-refractivity contribution < 1.29 is 33.4 Å². The highest BCUT2D eigenvalue weighted by Gasteiger charge is 2.33. The van der Waals surface area contributed by atoms with Crippen LogP contribution in [0.25, 0.3) is 5.57 Å². The van der Waals surface area contributed by atoms with E-state index in [-0.39, 0.29) is 64.4 Å². The molecule has 2 atom stereocenters. The van der Waals surface area contributed by atoms with E-state index in [2.05, 4.69) is 47.6 Å². The van der Waals surface area contributed by atoms with Crippen LogP contribution in [0.4, 0.5) is 0 Å². The van der Waals surface area contributed by atoms with Gasteiger partial charge in [0.05, 0.1) is 36.1 Å². The first kappa shape index (κ1) is 45.0. The maximum absolute atomic E-state index is 12.8. The molecule has 2 aliphatic rings. The number of fused-ring (bicyclic) bond motifs is 4. The van der Waals surface area contributed by atoms with Crippen LogP contribution in [0.5, 0.6) is 0 Å². The maximum Gasteiger partial charge on any atom is 0.349 e. The minimum atomic E-state index is -0.689. The zero-order valence-corrected chi connectivity index (χ0v) is 33.9. The Bertz CT molecular complexity index is 2110. The Labute approximate surface area is 344 Å². The maximum atomic E-state index is 12.8. The van der Waals surface area contributed by atoms with Gasteiger partial charge >= 0.3 is 11.9 Å². The smallest absolute Gasteiger partial charge is 0.349 e. The summed E-state index contributed by atoms with van der Waals surface area (Å²) in [6.07, 6.45) is 13.8. The lowest BCUT2D eigenvalue weighted by molar-refractivity contribution is -0.144. The summed E-state index contributed by atoms with van der Waals surface area (Å²) in [5.74, 6) is -1.00. The number of unbranched alkanes of at least 4 members (excludes halogenated alkanes) is 2. The molecule has 2 heterocycles. The van der Waals surface area contributed by atoms with Gasteiger partial charge in [0.2, 0.25) is 5.78 Å². The van der Waals surface area contributed by atoms with Crippen molar-refractivity contribution in [3.8, 4) is 12.1 Å². The molecule has 13 heteroatoms. The normalized spacial score (nSPS) is 13.8. The van der Waals surface area contributed by atoms with Crippen molar-refractivity contribution in [2.24, 2.45) is 11.8 Å². The molecule has 0 aliphatic heterocycles. The van der Waals surface area contributed by atoms with Crippen LogP contribution in [0, 0.1) is 34.5 Å². The molecule has 0 fully saturated rings. The number of esters is 2. The van der Waals surface area contributed by atoms with E-state index in [0.717, 1.165) is 38.5 Å². The fourth-order valence-corrected chi connectivity index (χ4v) is 6.54. The molecule has 0 saturated heterocycles. The first-order valence-electron chi connectivity index (χ1n) is 19.9. The highest BCUT2D eigenvalue weighted by Crippen LogP contribution is 2.36. The monoisotopic (exact) mass is 796 g/mol. The van der Waals surface area contributed by atoms with E-state index in [1.807, 2.05) is 6.07 Å². The molecule has 4 aromatic rings. The second-order valence-electron chi connectivity index (χ2n) is 14.0. The van der Waals surface area contributed by atoms with Gasteiger partial charge in [0.25, 0.3) is 0 Å². The fraction of sp³-hybridized carbons (Fsp3) is 0.370. The van der Waals surface area contributed by atoms with Gasteiger partial charge in [-0.25, -0.2) is 24.7 Å². The number of hydrogen-bond donors (Lipinski definition) is 0. The Morgan fingerprint density at radius 2 is 1.12 bits per heavy atom. The minimum absolute atomic E-state index is 0.135. The molecule has 2 aromatic carbocycles. The van der Waals surface area contributed by atoms with Gasteiger partial charge in [-0.2, -0.15) is 10.5 Å². The first-order valence-corrected chi connectivity index (χ1v) is 19.9. The van der Waals surface area contributed by atoms with Gasteiger partial charge < -0.3 is 9.47 Å². The predicted molar refractivity (Wildman–Crippen MR) is 218 cm³/mol. The van der Waals surface area contributed by atoms with Crippen molar-refractivity contribution in [2.75, 3.05) is 13.2 Å². The molecule has 0 N–H and O–H groups in total. The quantitative estimate of drug-likeness (QED) is 0.0583. The number of nitrogens with zero attached hydrogens (tertiary/aromatic N) is 6. The third-order valence-corrected chi connectivity index (χ3v) is 10.0. The van der Waals surface area contributed by atoms with Crippen molar-refractivity contribution in [2.45, 2.75) is 85.5 Å². The van der Waals surface area contributed by atoms with Gasteiger partial charge in [0.1, 0.15) is 36.4 Å². The molecule has 13 nitrogen and oxygen atoms in total. The van der Waals surface area contributed by atoms with E-state index in [0.29, 0.717) is 40.4 Å². The average molecular weight is 797 g/mol. The Balaban J connectivity index is 0.000000216. The molecule has 304 valence electrons. The third kappa shape index (κ3) is 11.4. The van der Waals surface area contributed by atoms with E-state index in [9.17, 15) is 29.2 Å². The molecule has 0 spiro atoms. The zero-order valence-electron chi connectivity index (χ0n) is 33.9. The van der Waals surface area contributed by atoms with Crippen LogP contribution in [0.15, 0.2) is 79.2 Å². The molecule has 6 rings (SSSR count). The lowest BCUT2D eigenvalue weighted by atomic mass is 9.82. The molecular formula is C46H48N6O7. The molecule has 2 unspecified atom stereocenters. The summed E-state index contributed by atoms with van der Waals surface area (Å²) >= 11 is 0. The Morgan fingerprint density at radius 3 is 1.63 bits per heavy atom. The van der Waals surface area contributed by atoms with Gasteiger partial charge in [-0.3, -0.25) is 19.2 Å². The Morgan fingerprint density at radius 1 is 0.644 bits per heavy atom. The van der Waals surface area contributed by atoms with E-state index < -0.39 is 11.9 Å². The largest absolute Gasteiger partial charge is 0.465 e. The SMILES string of the molecule is CCCCC(CC)COC(=O)/C(C#N)=C1/c2ccccc2C(=O)c2cncnc21.CCCCC(CC)COC(=O)CC#N.O=C1c2ccccc2C(=O)c2ncncc21. The fourth-order valence-electron chi connectivity index (χ4n) is 6.54. The molecule has 0 radical (unpaired) electrons. The van der Waals surface area contributed by atoms with Crippen LogP contribution in [-0.2, 0) is 19.1 Å². The van der Waals surface area contributed by atoms with Gasteiger partial charge in [0, 0.05) is 34.7 Å². The third-order valence-electron chi connectivity index (χ3n) is 10.0. The lowest BCUT2D eigenvalue weighted by Gasteiger charge is -2.21. The van der Waals surface area contributed by atoms with Gasteiger partial charge in [-0.15, -0.1) is 0 Å². The van der Waals surface area contributed by atoms with E-state index in [1.54, 1.807) is 54.6 Å². The summed E-state index contributed by atoms with van der Waals surface area (Å²) < 4.78 is 10.5. The molecule has 0 bridgehead atoms. The van der Waals surface area contributed by atoms with Crippen molar-refractivity contribution in [3.63, 3.8) is 0 Å². The topological polar surface area (TPSA) is 203 Å². The molecule has 2 aromatic heterocycles. The number of carbonyl (C=O) groups excluding carboxylic acids is 5. The van der Waals surface area contributed by atoms with Gasteiger partial charge in [-0.05, 0) is 30.2 Å². The molecule has 2 aliphatic carbocycles. The number of rotatable bonds is 14. The first-order chi connectivity index (χ1) is 28.6. The number of benzene rings is 2. The average Bonchev–Trinajstić information content (AvgIpc) is 3.27. The van der Waals surface area contributed by atoms with Gasteiger partial charge in [0.15, 0.2) is 11.6 Å². The van der Waals surface area contributed by atoms with Gasteiger partial charge in [-0.1, -0.05) is 115 Å². The zero-order chi connectivity index (χ0) is 42.7. The summed E-state index contributed by atoms with van der Waals surface area (Å²) in [4.78, 5) is 76.3. The Hall–Kier alpha value is -6.73. The molecule has 59 heavy (non-hydrogen) atoms. The van der Waals surface area contributed by atoms with E-state index in [4.69, 9.17) is 14.7 Å². The lowest BCUT2D eigenvalue weighted by Crippen LogP contribution is -2.22. The number of ketones is 3. The predicted octanol–water partition coefficient (Wildman–Crippen LogP) is 8.02. The van der Waals surface area contributed by atoms with E-state index >= 15 is 0 Å². The molecule has 0 saturated carbocycles. The summed E-state index contributed by atoms with van der Waals surface area (Å²) in [5, 5.41) is 18.0. The summed E-state index contributed by atoms with van der Waals surface area (Å²) in [7, 11) is 0. The van der Waals surface area contributed by atoms with Crippen LogP contribution in [0.2, 0.25) is 0 Å². The summed E-state index contributed by atoms with van der Waals surface area (Å²) in [6, 6.07) is 17.4. The van der Waals surface area contributed by atoms with Crippen LogP contribution in [0.3, 0.4) is 0 Å². The number of carbonyl (C=O) groups is 5. The number of hydrogen-bond acceptors (Lipinski definition) is 13. The van der Waals surface area contributed by atoms with Crippen molar-refractivity contribution in [1.82, 2.24) is 19.9 Å². The minimum Gasteiger partial charge on any atom is -0.465 e.